The van der Waals surface area contributed by atoms with E-state index in [1.165, 1.54) is 4.68 Å². The lowest BCUT2D eigenvalue weighted by molar-refractivity contribution is -0.142. The summed E-state index contributed by atoms with van der Waals surface area (Å²) in [6.07, 6.45) is -4.05. The van der Waals surface area contributed by atoms with Gasteiger partial charge in [0.05, 0.1) is 11.3 Å². The second-order valence-corrected chi connectivity index (χ2v) is 10.1. The molecule has 0 radical (unpaired) electrons. The standard InChI is InChI=1S/C25H20BrF3N2O2/c1-24(2)12-17(32)20-18(13-24)33-23-21(19(20)14-7-6-8-15(26)11-14)22(25(27,28)29)30-31(23)16-9-4-3-5-10-16/h3-11,19H,12-13H2,1-2H3. The van der Waals surface area contributed by atoms with Gasteiger partial charge in [0, 0.05) is 28.8 Å². The van der Waals surface area contributed by atoms with Crippen LogP contribution in [0.4, 0.5) is 13.2 Å². The molecule has 2 heterocycles. The molecule has 0 saturated heterocycles. The van der Waals surface area contributed by atoms with Crippen LogP contribution in [-0.2, 0) is 11.0 Å². The molecule has 3 aromatic rings. The number of aromatic nitrogens is 2. The van der Waals surface area contributed by atoms with Crippen LogP contribution < -0.4 is 4.74 Å². The number of para-hydroxylation sites is 1. The van der Waals surface area contributed by atoms with E-state index >= 15 is 0 Å². The average Bonchev–Trinajstić information content (AvgIpc) is 3.11. The minimum absolute atomic E-state index is 0.00255. The highest BCUT2D eigenvalue weighted by Gasteiger charge is 2.49. The zero-order valence-corrected chi connectivity index (χ0v) is 19.5. The highest BCUT2D eigenvalue weighted by Crippen LogP contribution is 2.53. The normalized spacial score (nSPS) is 19.7. The van der Waals surface area contributed by atoms with E-state index in [2.05, 4.69) is 21.0 Å². The Balaban J connectivity index is 1.84. The number of fused-ring (bicyclic) bond motifs is 1. The van der Waals surface area contributed by atoms with Gasteiger partial charge < -0.3 is 4.74 Å². The molecule has 8 heteroatoms. The van der Waals surface area contributed by atoms with Crippen LogP contribution in [-0.4, -0.2) is 15.6 Å². The van der Waals surface area contributed by atoms with Gasteiger partial charge in [-0.05, 0) is 35.2 Å². The molecule has 1 aromatic heterocycles. The average molecular weight is 517 g/mol. The molecule has 1 atom stereocenters. The summed E-state index contributed by atoms with van der Waals surface area (Å²) >= 11 is 3.41. The summed E-state index contributed by atoms with van der Waals surface area (Å²) in [4.78, 5) is 13.3. The van der Waals surface area contributed by atoms with Gasteiger partial charge >= 0.3 is 6.18 Å². The Labute approximate surface area is 197 Å². The molecule has 1 aliphatic heterocycles. The minimum atomic E-state index is -4.73. The van der Waals surface area contributed by atoms with Crippen LogP contribution in [0.15, 0.2) is 70.4 Å². The van der Waals surface area contributed by atoms with Gasteiger partial charge in [0.25, 0.3) is 0 Å². The number of halogens is 4. The van der Waals surface area contributed by atoms with E-state index in [1.807, 2.05) is 13.8 Å². The molecule has 0 spiro atoms. The fourth-order valence-electron chi connectivity index (χ4n) is 4.70. The Morgan fingerprint density at radius 3 is 2.48 bits per heavy atom. The topological polar surface area (TPSA) is 44.1 Å². The lowest BCUT2D eigenvalue weighted by Crippen LogP contribution is -2.33. The number of allylic oxidation sites excluding steroid dienone is 2. The van der Waals surface area contributed by atoms with Crippen molar-refractivity contribution in [1.82, 2.24) is 9.78 Å². The van der Waals surface area contributed by atoms with Gasteiger partial charge in [-0.25, -0.2) is 0 Å². The smallest absolute Gasteiger partial charge is 0.435 e. The van der Waals surface area contributed by atoms with Crippen molar-refractivity contribution in [3.05, 3.63) is 87.2 Å². The first-order chi connectivity index (χ1) is 15.5. The van der Waals surface area contributed by atoms with E-state index in [-0.39, 0.29) is 34.6 Å². The number of hydrogen-bond donors (Lipinski definition) is 0. The van der Waals surface area contributed by atoms with Crippen LogP contribution in [0.1, 0.15) is 49.4 Å². The fourth-order valence-corrected chi connectivity index (χ4v) is 5.11. The SMILES string of the molecule is CC1(C)CC(=O)C2=C(C1)Oc1c(c(C(F)(F)F)nn1-c1ccccc1)C2c1cccc(Br)c1. The number of nitrogens with zero attached hydrogens (tertiary/aromatic N) is 2. The van der Waals surface area contributed by atoms with Crippen LogP contribution in [0.2, 0.25) is 0 Å². The summed E-state index contributed by atoms with van der Waals surface area (Å²) in [6, 6.07) is 15.6. The Bertz CT molecular complexity index is 1290. The van der Waals surface area contributed by atoms with Crippen molar-refractivity contribution in [1.29, 1.82) is 0 Å². The predicted molar refractivity (Wildman–Crippen MR) is 120 cm³/mol. The molecule has 4 nitrogen and oxygen atoms in total. The number of ketones is 1. The van der Waals surface area contributed by atoms with Crippen LogP contribution >= 0.6 is 15.9 Å². The van der Waals surface area contributed by atoms with Gasteiger partial charge in [-0.15, -0.1) is 0 Å². The molecule has 1 unspecified atom stereocenters. The van der Waals surface area contributed by atoms with Crippen LogP contribution in [0.5, 0.6) is 5.88 Å². The summed E-state index contributed by atoms with van der Waals surface area (Å²) in [7, 11) is 0. The predicted octanol–water partition coefficient (Wildman–Crippen LogP) is 6.82. The lowest BCUT2D eigenvalue weighted by Gasteiger charge is -2.37. The van der Waals surface area contributed by atoms with E-state index in [9.17, 15) is 18.0 Å². The molecule has 0 saturated carbocycles. The van der Waals surface area contributed by atoms with Gasteiger partial charge in [-0.1, -0.05) is 60.1 Å². The molecular weight excluding hydrogens is 497 g/mol. The molecule has 2 aliphatic rings. The highest BCUT2D eigenvalue weighted by atomic mass is 79.9. The molecule has 5 rings (SSSR count). The number of Topliss-reactive ketones (excluding diaryl/α,β-unsaturated/α-hetero) is 1. The Kier molecular flexibility index (Phi) is 5.04. The largest absolute Gasteiger partial charge is 0.442 e. The van der Waals surface area contributed by atoms with Gasteiger partial charge in [0.2, 0.25) is 5.88 Å². The summed E-state index contributed by atoms with van der Waals surface area (Å²) in [6.45, 7) is 3.91. The van der Waals surface area contributed by atoms with Crippen molar-refractivity contribution in [3.63, 3.8) is 0 Å². The quantitative estimate of drug-likeness (QED) is 0.375. The molecule has 0 fully saturated rings. The van der Waals surface area contributed by atoms with E-state index in [4.69, 9.17) is 4.74 Å². The maximum atomic E-state index is 14.3. The summed E-state index contributed by atoms with van der Waals surface area (Å²) < 4.78 is 50.9. The molecule has 1 aliphatic carbocycles. The third-order valence-electron chi connectivity index (χ3n) is 6.01. The van der Waals surface area contributed by atoms with Crippen molar-refractivity contribution in [2.75, 3.05) is 0 Å². The van der Waals surface area contributed by atoms with Crippen molar-refractivity contribution in [2.45, 2.75) is 38.8 Å². The summed E-state index contributed by atoms with van der Waals surface area (Å²) in [5.41, 5.74) is -0.222. The lowest BCUT2D eigenvalue weighted by atomic mass is 9.70. The molecule has 0 N–H and O–H groups in total. The van der Waals surface area contributed by atoms with Crippen molar-refractivity contribution >= 4 is 21.7 Å². The number of ether oxygens (including phenoxy) is 1. The molecule has 33 heavy (non-hydrogen) atoms. The number of benzene rings is 2. The first kappa shape index (κ1) is 21.9. The maximum Gasteiger partial charge on any atom is 0.435 e. The zero-order valence-electron chi connectivity index (χ0n) is 17.9. The van der Waals surface area contributed by atoms with Gasteiger partial charge in [0.15, 0.2) is 11.5 Å². The van der Waals surface area contributed by atoms with Gasteiger partial charge in [0.1, 0.15) is 5.76 Å². The van der Waals surface area contributed by atoms with Crippen molar-refractivity contribution in [3.8, 4) is 11.6 Å². The van der Waals surface area contributed by atoms with Gasteiger partial charge in [-0.2, -0.15) is 23.0 Å². The van der Waals surface area contributed by atoms with E-state index in [1.54, 1.807) is 54.6 Å². The number of rotatable bonds is 2. The van der Waals surface area contributed by atoms with E-state index < -0.39 is 17.8 Å². The molecular formula is C25H20BrF3N2O2. The molecule has 170 valence electrons. The highest BCUT2D eigenvalue weighted by molar-refractivity contribution is 9.10. The molecule has 2 aromatic carbocycles. The number of hydrogen-bond acceptors (Lipinski definition) is 3. The van der Waals surface area contributed by atoms with Crippen molar-refractivity contribution < 1.29 is 22.7 Å². The van der Waals surface area contributed by atoms with E-state index in [0.717, 1.165) is 0 Å². The Hall–Kier alpha value is -2.87. The molecule has 0 amide bonds. The van der Waals surface area contributed by atoms with Crippen LogP contribution in [0, 0.1) is 5.41 Å². The first-order valence-corrected chi connectivity index (χ1v) is 11.3. The third-order valence-corrected chi connectivity index (χ3v) is 6.50. The van der Waals surface area contributed by atoms with Crippen LogP contribution in [0.3, 0.4) is 0 Å². The number of carbonyl (C=O) groups is 1. The fraction of sp³-hybridized carbons (Fsp3) is 0.280. The Morgan fingerprint density at radius 2 is 1.82 bits per heavy atom. The molecule has 0 bridgehead atoms. The second-order valence-electron chi connectivity index (χ2n) is 9.18. The number of carbonyl (C=O) groups excluding carboxylic acids is 1. The monoisotopic (exact) mass is 516 g/mol. The van der Waals surface area contributed by atoms with Gasteiger partial charge in [-0.3, -0.25) is 4.79 Å². The minimum Gasteiger partial charge on any atom is -0.442 e. The third kappa shape index (κ3) is 3.80. The Morgan fingerprint density at radius 1 is 1.09 bits per heavy atom. The van der Waals surface area contributed by atoms with Crippen LogP contribution in [0.25, 0.3) is 5.69 Å². The summed E-state index contributed by atoms with van der Waals surface area (Å²) in [5, 5.41) is 3.97. The summed E-state index contributed by atoms with van der Waals surface area (Å²) in [5.74, 6) is -0.710. The first-order valence-electron chi connectivity index (χ1n) is 10.5. The van der Waals surface area contributed by atoms with E-state index in [0.29, 0.717) is 27.9 Å². The second kappa shape index (κ2) is 7.58. The number of alkyl halides is 3. The van der Waals surface area contributed by atoms with Crippen molar-refractivity contribution in [2.24, 2.45) is 5.41 Å². The zero-order chi connectivity index (χ0) is 23.5. The maximum absolute atomic E-state index is 14.3.